The second-order valence-corrected chi connectivity index (χ2v) is 7.59. The molecule has 0 heterocycles. The van der Waals surface area contributed by atoms with Gasteiger partial charge in [-0.05, 0) is 63.3 Å². The van der Waals surface area contributed by atoms with E-state index in [0.29, 0.717) is 11.1 Å². The Morgan fingerprint density at radius 3 is 1.36 bits per heavy atom. The average molecular weight is 461 g/mol. The van der Waals surface area contributed by atoms with Gasteiger partial charge in [0.2, 0.25) is 0 Å². The summed E-state index contributed by atoms with van der Waals surface area (Å²) in [6, 6.07) is 14.1. The number of rotatable bonds is 11. The van der Waals surface area contributed by atoms with Crippen molar-refractivity contribution in [2.24, 2.45) is 5.92 Å². The van der Waals surface area contributed by atoms with Crippen LogP contribution in [0.1, 0.15) is 60.7 Å². The molecule has 33 heavy (non-hydrogen) atoms. The van der Waals surface area contributed by atoms with E-state index < -0.39 is 0 Å². The Morgan fingerprint density at radius 1 is 0.667 bits per heavy atom. The minimum atomic E-state index is 0.0186. The standard InChI is InChI=1S/C10H10O2.C9H20O2.C8H10O2/c1-7(11)9-3-5-10(6-4-9)8(2)12;1-9(6-8-11-3)5-4-7-10-2;1-9-7-3-5-8(10-2)6-4-7/h3-6H,1-2H3;9H,4-8H2,1-3H3;3-6H,1-2H3. The van der Waals surface area contributed by atoms with E-state index in [2.05, 4.69) is 6.92 Å². The molecule has 184 valence electrons. The van der Waals surface area contributed by atoms with Crippen molar-refractivity contribution in [1.82, 2.24) is 0 Å². The van der Waals surface area contributed by atoms with E-state index in [1.54, 1.807) is 52.7 Å². The first kappa shape index (κ1) is 30.3. The third kappa shape index (κ3) is 14.9. The highest BCUT2D eigenvalue weighted by Crippen LogP contribution is 2.15. The van der Waals surface area contributed by atoms with Crippen LogP contribution in [0.5, 0.6) is 11.5 Å². The molecule has 1 unspecified atom stereocenters. The maximum atomic E-state index is 10.8. The number of hydrogen-bond donors (Lipinski definition) is 0. The summed E-state index contributed by atoms with van der Waals surface area (Å²) in [6.45, 7) is 7.03. The largest absolute Gasteiger partial charge is 0.497 e. The quantitative estimate of drug-likeness (QED) is 0.308. The number of benzene rings is 2. The normalized spacial score (nSPS) is 10.6. The second kappa shape index (κ2) is 18.8. The van der Waals surface area contributed by atoms with Gasteiger partial charge in [0.15, 0.2) is 11.6 Å². The van der Waals surface area contributed by atoms with Crippen LogP contribution in [0.4, 0.5) is 0 Å². The molecule has 0 saturated heterocycles. The summed E-state index contributed by atoms with van der Waals surface area (Å²) in [7, 11) is 6.78. The molecule has 6 nitrogen and oxygen atoms in total. The zero-order valence-corrected chi connectivity index (χ0v) is 21.2. The van der Waals surface area contributed by atoms with Crippen molar-refractivity contribution < 1.29 is 28.5 Å². The molecule has 6 heteroatoms. The Balaban J connectivity index is 0.000000467. The van der Waals surface area contributed by atoms with Crippen molar-refractivity contribution in [1.29, 1.82) is 0 Å². The summed E-state index contributed by atoms with van der Waals surface area (Å²) >= 11 is 0. The Labute approximate surface area is 199 Å². The van der Waals surface area contributed by atoms with Crippen molar-refractivity contribution in [3.05, 3.63) is 59.7 Å². The first-order chi connectivity index (χ1) is 15.8. The van der Waals surface area contributed by atoms with E-state index in [-0.39, 0.29) is 11.6 Å². The second-order valence-electron chi connectivity index (χ2n) is 7.59. The van der Waals surface area contributed by atoms with Gasteiger partial charge in [-0.15, -0.1) is 0 Å². The Hall–Kier alpha value is -2.70. The van der Waals surface area contributed by atoms with Crippen LogP contribution >= 0.6 is 0 Å². The van der Waals surface area contributed by atoms with Crippen molar-refractivity contribution in [2.45, 2.75) is 40.0 Å². The molecule has 0 radical (unpaired) electrons. The number of ketones is 2. The molecular weight excluding hydrogens is 420 g/mol. The molecule has 0 aliphatic carbocycles. The topological polar surface area (TPSA) is 71.1 Å². The summed E-state index contributed by atoms with van der Waals surface area (Å²) in [5, 5.41) is 0. The molecule has 0 aliphatic rings. The van der Waals surface area contributed by atoms with Gasteiger partial charge in [-0.2, -0.15) is 0 Å². The summed E-state index contributed by atoms with van der Waals surface area (Å²) in [6.07, 6.45) is 3.58. The highest BCUT2D eigenvalue weighted by atomic mass is 16.5. The number of methoxy groups -OCH3 is 4. The molecule has 0 fully saturated rings. The fourth-order valence-electron chi connectivity index (χ4n) is 2.69. The van der Waals surface area contributed by atoms with E-state index in [0.717, 1.165) is 30.6 Å². The molecule has 0 spiro atoms. The van der Waals surface area contributed by atoms with Gasteiger partial charge in [-0.1, -0.05) is 31.2 Å². The molecule has 0 aromatic heterocycles. The van der Waals surface area contributed by atoms with Crippen LogP contribution in [0, 0.1) is 5.92 Å². The molecule has 0 aliphatic heterocycles. The third-order valence-corrected chi connectivity index (χ3v) is 4.85. The molecule has 0 saturated carbocycles. The molecular formula is C27H40O6. The van der Waals surface area contributed by atoms with E-state index in [1.807, 2.05) is 24.3 Å². The molecule has 2 rings (SSSR count). The highest BCUT2D eigenvalue weighted by molar-refractivity contribution is 5.97. The fraction of sp³-hybridized carbons (Fsp3) is 0.481. The Kier molecular flexibility index (Phi) is 17.3. The lowest BCUT2D eigenvalue weighted by molar-refractivity contribution is 0.100. The maximum absolute atomic E-state index is 10.8. The van der Waals surface area contributed by atoms with Gasteiger partial charge in [-0.3, -0.25) is 9.59 Å². The zero-order chi connectivity index (χ0) is 25.1. The van der Waals surface area contributed by atoms with Crippen LogP contribution in [0.2, 0.25) is 0 Å². The van der Waals surface area contributed by atoms with Gasteiger partial charge in [-0.25, -0.2) is 0 Å². The van der Waals surface area contributed by atoms with E-state index >= 15 is 0 Å². The van der Waals surface area contributed by atoms with Crippen molar-refractivity contribution in [3.8, 4) is 11.5 Å². The fourth-order valence-corrected chi connectivity index (χ4v) is 2.69. The van der Waals surface area contributed by atoms with Gasteiger partial charge >= 0.3 is 0 Å². The lowest BCUT2D eigenvalue weighted by Crippen LogP contribution is -2.01. The molecule has 0 bridgehead atoms. The molecule has 0 N–H and O–H groups in total. The van der Waals surface area contributed by atoms with E-state index in [9.17, 15) is 9.59 Å². The number of Topliss-reactive ketones (excluding diaryl/α,β-unsaturated/α-hetero) is 2. The maximum Gasteiger partial charge on any atom is 0.159 e. The first-order valence-electron chi connectivity index (χ1n) is 11.1. The summed E-state index contributed by atoms with van der Waals surface area (Å²) < 4.78 is 19.9. The van der Waals surface area contributed by atoms with Crippen molar-refractivity contribution in [2.75, 3.05) is 41.7 Å². The molecule has 2 aromatic carbocycles. The number of hydrogen-bond acceptors (Lipinski definition) is 6. The summed E-state index contributed by atoms with van der Waals surface area (Å²) in [5.41, 5.74) is 1.28. The lowest BCUT2D eigenvalue weighted by atomic mass is 10.0. The lowest BCUT2D eigenvalue weighted by Gasteiger charge is -2.09. The van der Waals surface area contributed by atoms with Crippen molar-refractivity contribution >= 4 is 11.6 Å². The summed E-state index contributed by atoms with van der Waals surface area (Å²) in [5.74, 6) is 2.50. The van der Waals surface area contributed by atoms with Gasteiger partial charge in [0.1, 0.15) is 11.5 Å². The number of carbonyl (C=O) groups excluding carboxylic acids is 2. The monoisotopic (exact) mass is 460 g/mol. The third-order valence-electron chi connectivity index (χ3n) is 4.85. The van der Waals surface area contributed by atoms with Crippen LogP contribution < -0.4 is 9.47 Å². The molecule has 1 atom stereocenters. The highest BCUT2D eigenvalue weighted by Gasteiger charge is 2.01. The first-order valence-corrected chi connectivity index (χ1v) is 11.1. The van der Waals surface area contributed by atoms with E-state index in [4.69, 9.17) is 18.9 Å². The molecule has 0 amide bonds. The van der Waals surface area contributed by atoms with Crippen LogP contribution in [-0.4, -0.2) is 53.2 Å². The van der Waals surface area contributed by atoms with Crippen LogP contribution in [-0.2, 0) is 9.47 Å². The predicted octanol–water partition coefficient (Wildman–Crippen LogP) is 5.88. The number of ether oxygens (including phenoxy) is 4. The zero-order valence-electron chi connectivity index (χ0n) is 21.2. The SMILES string of the molecule is CC(=O)c1ccc(C(C)=O)cc1.COCCCC(C)CCOC.COc1ccc(OC)cc1. The smallest absolute Gasteiger partial charge is 0.159 e. The minimum absolute atomic E-state index is 0.0186. The number of carbonyl (C=O) groups is 2. The predicted molar refractivity (Wildman–Crippen MR) is 133 cm³/mol. The van der Waals surface area contributed by atoms with Crippen LogP contribution in [0.3, 0.4) is 0 Å². The van der Waals surface area contributed by atoms with Gasteiger partial charge in [0.25, 0.3) is 0 Å². The van der Waals surface area contributed by atoms with Crippen LogP contribution in [0.25, 0.3) is 0 Å². The Morgan fingerprint density at radius 2 is 1.06 bits per heavy atom. The average Bonchev–Trinajstić information content (AvgIpc) is 2.83. The van der Waals surface area contributed by atoms with E-state index in [1.165, 1.54) is 33.1 Å². The molecule has 2 aromatic rings. The van der Waals surface area contributed by atoms with Gasteiger partial charge in [0, 0.05) is 38.6 Å². The van der Waals surface area contributed by atoms with Crippen LogP contribution in [0.15, 0.2) is 48.5 Å². The Bertz CT molecular complexity index is 712. The van der Waals surface area contributed by atoms with Gasteiger partial charge in [0.05, 0.1) is 14.2 Å². The van der Waals surface area contributed by atoms with Crippen molar-refractivity contribution in [3.63, 3.8) is 0 Å². The summed E-state index contributed by atoms with van der Waals surface area (Å²) in [4.78, 5) is 21.7. The van der Waals surface area contributed by atoms with Gasteiger partial charge < -0.3 is 18.9 Å². The minimum Gasteiger partial charge on any atom is -0.497 e.